The van der Waals surface area contributed by atoms with Crippen molar-refractivity contribution in [2.24, 2.45) is 11.7 Å². The van der Waals surface area contributed by atoms with Crippen LogP contribution in [0, 0.1) is 5.92 Å². The van der Waals surface area contributed by atoms with Crippen LogP contribution in [0.25, 0.3) is 0 Å². The number of carbonyl (C=O) groups is 1. The number of carbonyl (C=O) groups excluding carboxylic acids is 1. The fraction of sp³-hybridized carbons (Fsp3) is 0.692. The lowest BCUT2D eigenvalue weighted by Gasteiger charge is -2.30. The van der Waals surface area contributed by atoms with Crippen molar-refractivity contribution < 1.29 is 13.9 Å². The first-order valence-electron chi connectivity index (χ1n) is 6.51. The van der Waals surface area contributed by atoms with Gasteiger partial charge in [-0.1, -0.05) is 13.8 Å². The van der Waals surface area contributed by atoms with Gasteiger partial charge in [0.2, 0.25) is 0 Å². The summed E-state index contributed by atoms with van der Waals surface area (Å²) in [6, 6.07) is 0.289. The van der Waals surface area contributed by atoms with E-state index in [9.17, 15) is 4.79 Å². The van der Waals surface area contributed by atoms with Crippen molar-refractivity contribution in [2.75, 3.05) is 18.5 Å². The van der Waals surface area contributed by atoms with Crippen molar-refractivity contribution in [1.29, 1.82) is 0 Å². The number of anilines is 1. The van der Waals surface area contributed by atoms with E-state index in [0.717, 1.165) is 6.42 Å². The van der Waals surface area contributed by atoms with Crippen molar-refractivity contribution in [2.45, 2.75) is 39.7 Å². The molecule has 0 aliphatic rings. The van der Waals surface area contributed by atoms with E-state index in [4.69, 9.17) is 14.9 Å². The van der Waals surface area contributed by atoms with Crippen LogP contribution in [0.1, 0.15) is 44.6 Å². The molecule has 0 fully saturated rings. The molecule has 19 heavy (non-hydrogen) atoms. The molecule has 0 amide bonds. The Labute approximate surface area is 113 Å². The van der Waals surface area contributed by atoms with E-state index in [2.05, 4.69) is 24.1 Å². The summed E-state index contributed by atoms with van der Waals surface area (Å²) in [5.41, 5.74) is 5.64. The SMILES string of the molecule is CCOC(=O)c1coc(NC(C)(CN)CC(C)C)n1. The van der Waals surface area contributed by atoms with Crippen LogP contribution in [-0.4, -0.2) is 29.6 Å². The summed E-state index contributed by atoms with van der Waals surface area (Å²) in [7, 11) is 0. The van der Waals surface area contributed by atoms with E-state index in [1.807, 2.05) is 6.92 Å². The Bertz CT molecular complexity index is 417. The molecule has 1 unspecified atom stereocenters. The standard InChI is InChI=1S/C13H23N3O3/c1-5-18-11(17)10-7-19-12(15-10)16-13(4,8-14)6-9(2)3/h7,9H,5-6,8,14H2,1-4H3,(H,15,16). The second-order valence-electron chi connectivity index (χ2n) is 5.25. The second-order valence-corrected chi connectivity index (χ2v) is 5.25. The minimum absolute atomic E-state index is 0.160. The van der Waals surface area contributed by atoms with Crippen molar-refractivity contribution in [3.05, 3.63) is 12.0 Å². The summed E-state index contributed by atoms with van der Waals surface area (Å²) in [6.45, 7) is 8.74. The Balaban J connectivity index is 2.73. The third-order valence-electron chi connectivity index (χ3n) is 2.71. The molecule has 0 saturated heterocycles. The van der Waals surface area contributed by atoms with Crippen LogP contribution in [0.5, 0.6) is 0 Å². The van der Waals surface area contributed by atoms with E-state index in [0.29, 0.717) is 19.1 Å². The molecular weight excluding hydrogens is 246 g/mol. The lowest BCUT2D eigenvalue weighted by Crippen LogP contribution is -2.43. The Morgan fingerprint density at radius 2 is 2.32 bits per heavy atom. The largest absolute Gasteiger partial charge is 0.461 e. The van der Waals surface area contributed by atoms with Crippen LogP contribution in [-0.2, 0) is 4.74 Å². The number of nitrogens with one attached hydrogen (secondary N) is 1. The number of nitrogens with zero attached hydrogens (tertiary/aromatic N) is 1. The Morgan fingerprint density at radius 1 is 1.63 bits per heavy atom. The number of hydrogen-bond acceptors (Lipinski definition) is 6. The van der Waals surface area contributed by atoms with Crippen LogP contribution in [0.15, 0.2) is 10.7 Å². The van der Waals surface area contributed by atoms with Gasteiger partial charge in [0.05, 0.1) is 12.1 Å². The van der Waals surface area contributed by atoms with Crippen molar-refractivity contribution in [3.63, 3.8) is 0 Å². The Morgan fingerprint density at radius 3 is 2.84 bits per heavy atom. The van der Waals surface area contributed by atoms with Crippen molar-refractivity contribution in [1.82, 2.24) is 4.98 Å². The molecule has 0 saturated carbocycles. The van der Waals surface area contributed by atoms with Gasteiger partial charge in [-0.15, -0.1) is 0 Å². The van der Waals surface area contributed by atoms with E-state index < -0.39 is 5.97 Å². The smallest absolute Gasteiger partial charge is 0.360 e. The van der Waals surface area contributed by atoms with Gasteiger partial charge in [0.1, 0.15) is 6.26 Å². The summed E-state index contributed by atoms with van der Waals surface area (Å²) in [4.78, 5) is 15.5. The fourth-order valence-electron chi connectivity index (χ4n) is 1.97. The van der Waals surface area contributed by atoms with Gasteiger partial charge in [-0.3, -0.25) is 0 Å². The molecule has 108 valence electrons. The van der Waals surface area contributed by atoms with Gasteiger partial charge in [0.15, 0.2) is 5.69 Å². The average molecular weight is 269 g/mol. The zero-order valence-electron chi connectivity index (χ0n) is 12.0. The predicted molar refractivity (Wildman–Crippen MR) is 73.0 cm³/mol. The van der Waals surface area contributed by atoms with Crippen LogP contribution >= 0.6 is 0 Å². The number of esters is 1. The first kappa shape index (κ1) is 15.5. The zero-order valence-corrected chi connectivity index (χ0v) is 12.0. The monoisotopic (exact) mass is 269 g/mol. The highest BCUT2D eigenvalue weighted by atomic mass is 16.5. The van der Waals surface area contributed by atoms with E-state index in [-0.39, 0.29) is 17.2 Å². The number of nitrogens with two attached hydrogens (primary N) is 1. The van der Waals surface area contributed by atoms with E-state index in [1.165, 1.54) is 6.26 Å². The van der Waals surface area contributed by atoms with Gasteiger partial charge < -0.3 is 20.2 Å². The quantitative estimate of drug-likeness (QED) is 0.736. The normalized spacial score (nSPS) is 14.2. The molecule has 0 aromatic carbocycles. The van der Waals surface area contributed by atoms with Crippen LogP contribution in [0.3, 0.4) is 0 Å². The van der Waals surface area contributed by atoms with Crippen LogP contribution in [0.4, 0.5) is 6.01 Å². The molecule has 0 radical (unpaired) electrons. The minimum Gasteiger partial charge on any atom is -0.461 e. The van der Waals surface area contributed by atoms with Gasteiger partial charge in [-0.2, -0.15) is 4.98 Å². The predicted octanol–water partition coefficient (Wildman–Crippen LogP) is 2.03. The van der Waals surface area contributed by atoms with Crippen molar-refractivity contribution >= 4 is 12.0 Å². The fourth-order valence-corrected chi connectivity index (χ4v) is 1.97. The molecule has 1 rings (SSSR count). The molecule has 3 N–H and O–H groups in total. The third kappa shape index (κ3) is 4.55. The van der Waals surface area contributed by atoms with Gasteiger partial charge >= 0.3 is 5.97 Å². The molecule has 1 heterocycles. The zero-order chi connectivity index (χ0) is 14.5. The molecule has 0 aliphatic carbocycles. The molecule has 0 bridgehead atoms. The molecule has 6 heteroatoms. The molecule has 1 atom stereocenters. The minimum atomic E-state index is -0.488. The molecule has 0 aliphatic heterocycles. The topological polar surface area (TPSA) is 90.4 Å². The molecule has 6 nitrogen and oxygen atoms in total. The lowest BCUT2D eigenvalue weighted by atomic mass is 9.91. The average Bonchev–Trinajstić information content (AvgIpc) is 2.76. The number of oxazole rings is 1. The van der Waals surface area contributed by atoms with Crippen LogP contribution in [0.2, 0.25) is 0 Å². The first-order chi connectivity index (χ1) is 8.90. The number of ether oxygens (including phenoxy) is 1. The van der Waals surface area contributed by atoms with Crippen molar-refractivity contribution in [3.8, 4) is 0 Å². The molecule has 0 spiro atoms. The van der Waals surface area contributed by atoms with E-state index >= 15 is 0 Å². The van der Waals surface area contributed by atoms with E-state index in [1.54, 1.807) is 6.92 Å². The number of aromatic nitrogens is 1. The first-order valence-corrected chi connectivity index (χ1v) is 6.51. The maximum atomic E-state index is 11.5. The van der Waals surface area contributed by atoms with Gasteiger partial charge in [-0.05, 0) is 26.2 Å². The number of hydrogen-bond donors (Lipinski definition) is 2. The maximum Gasteiger partial charge on any atom is 0.360 e. The summed E-state index contributed by atoms with van der Waals surface area (Å²) in [6.07, 6.45) is 2.16. The molecule has 1 aromatic heterocycles. The molecule has 1 aromatic rings. The summed E-state index contributed by atoms with van der Waals surface area (Å²) >= 11 is 0. The third-order valence-corrected chi connectivity index (χ3v) is 2.71. The van der Waals surface area contributed by atoms with Gasteiger partial charge in [-0.25, -0.2) is 4.79 Å². The second kappa shape index (κ2) is 6.56. The Kier molecular flexibility index (Phi) is 5.35. The van der Waals surface area contributed by atoms with Crippen LogP contribution < -0.4 is 11.1 Å². The maximum absolute atomic E-state index is 11.5. The Hall–Kier alpha value is -1.56. The van der Waals surface area contributed by atoms with Gasteiger partial charge in [0, 0.05) is 6.54 Å². The lowest BCUT2D eigenvalue weighted by molar-refractivity contribution is 0.0519. The summed E-state index contributed by atoms with van der Waals surface area (Å²) in [5.74, 6) is -0.00171. The highest BCUT2D eigenvalue weighted by Crippen LogP contribution is 2.21. The number of rotatable bonds is 7. The highest BCUT2D eigenvalue weighted by Gasteiger charge is 2.26. The van der Waals surface area contributed by atoms with Gasteiger partial charge in [0.25, 0.3) is 6.01 Å². The summed E-state index contributed by atoms with van der Waals surface area (Å²) in [5, 5.41) is 3.14. The molecular formula is C13H23N3O3. The summed E-state index contributed by atoms with van der Waals surface area (Å²) < 4.78 is 10.1. The highest BCUT2D eigenvalue weighted by molar-refractivity contribution is 5.87.